The summed E-state index contributed by atoms with van der Waals surface area (Å²) in [6.45, 7) is 5.27. The van der Waals surface area contributed by atoms with Crippen molar-refractivity contribution in [1.29, 1.82) is 0 Å². The second kappa shape index (κ2) is 12.2. The Morgan fingerprint density at radius 2 is 1.95 bits per heavy atom. The molecule has 0 aliphatic carbocycles. The molecule has 1 aliphatic rings. The highest BCUT2D eigenvalue weighted by Crippen LogP contribution is 2.39. The number of unbranched alkanes of at least 4 members (excludes halogenated alkanes) is 1. The molecule has 198 valence electrons. The van der Waals surface area contributed by atoms with E-state index in [0.717, 1.165) is 67.2 Å². The number of rotatable bonds is 12. The quantitative estimate of drug-likeness (QED) is 0.279. The number of imidazole rings is 1. The molecule has 0 amide bonds. The number of fused-ring (bicyclic) bond motifs is 1. The number of carbonyl (C=O) groups is 1. The molecular formula is C29H39N5O3. The molecule has 0 fully saturated rings. The van der Waals surface area contributed by atoms with Gasteiger partial charge in [-0.2, -0.15) is 0 Å². The van der Waals surface area contributed by atoms with Crippen molar-refractivity contribution in [3.05, 3.63) is 65.0 Å². The minimum Gasteiger partial charge on any atom is -0.481 e. The third kappa shape index (κ3) is 5.95. The monoisotopic (exact) mass is 505 g/mol. The van der Waals surface area contributed by atoms with Gasteiger partial charge in [-0.05, 0) is 69.1 Å². The maximum atomic E-state index is 12.7. The SMILES string of the molecule is CCOC(=O)CC(CC)(c1ccc(OC)nc1)c1ncc(CCCCc2ccc3c(n2)NCCC3)n1C. The minimum absolute atomic E-state index is 0.202. The lowest BCUT2D eigenvalue weighted by Crippen LogP contribution is -2.34. The lowest BCUT2D eigenvalue weighted by atomic mass is 9.75. The molecule has 1 N–H and O–H groups in total. The Morgan fingerprint density at radius 1 is 1.11 bits per heavy atom. The summed E-state index contributed by atoms with van der Waals surface area (Å²) in [7, 11) is 3.64. The summed E-state index contributed by atoms with van der Waals surface area (Å²) in [5, 5.41) is 3.42. The number of aryl methyl sites for hydroxylation is 3. The molecule has 4 rings (SSSR count). The largest absolute Gasteiger partial charge is 0.481 e. The van der Waals surface area contributed by atoms with E-state index in [0.29, 0.717) is 18.9 Å². The standard InChI is InChI=1S/C29H39N5O3/c1-5-29(18-26(35)37-6-2,22-14-16-25(36-4)31-19-22)28-32-20-24(34(28)3)12-8-7-11-23-15-13-21-10-9-17-30-27(21)33-23/h13-16,19-20H,5-12,17-18H2,1-4H3,(H,30,33). The second-order valence-corrected chi connectivity index (χ2v) is 9.69. The second-order valence-electron chi connectivity index (χ2n) is 9.69. The van der Waals surface area contributed by atoms with Crippen LogP contribution in [-0.2, 0) is 41.3 Å². The van der Waals surface area contributed by atoms with E-state index in [9.17, 15) is 4.79 Å². The molecule has 8 nitrogen and oxygen atoms in total. The Kier molecular flexibility index (Phi) is 8.79. The van der Waals surface area contributed by atoms with Crippen molar-refractivity contribution >= 4 is 11.8 Å². The molecule has 37 heavy (non-hydrogen) atoms. The van der Waals surface area contributed by atoms with E-state index >= 15 is 0 Å². The van der Waals surface area contributed by atoms with Gasteiger partial charge in [-0.15, -0.1) is 0 Å². The molecule has 0 radical (unpaired) electrons. The van der Waals surface area contributed by atoms with Crippen LogP contribution >= 0.6 is 0 Å². The highest BCUT2D eigenvalue weighted by atomic mass is 16.5. The van der Waals surface area contributed by atoms with E-state index in [1.54, 1.807) is 13.3 Å². The minimum atomic E-state index is -0.640. The van der Waals surface area contributed by atoms with Crippen molar-refractivity contribution in [3.63, 3.8) is 0 Å². The van der Waals surface area contributed by atoms with Gasteiger partial charge >= 0.3 is 5.97 Å². The van der Waals surface area contributed by atoms with Crippen LogP contribution in [0, 0.1) is 0 Å². The first-order valence-electron chi connectivity index (χ1n) is 13.4. The molecule has 1 atom stereocenters. The smallest absolute Gasteiger partial charge is 0.307 e. The van der Waals surface area contributed by atoms with Gasteiger partial charge < -0.3 is 19.4 Å². The summed E-state index contributed by atoms with van der Waals surface area (Å²) >= 11 is 0. The predicted molar refractivity (Wildman–Crippen MR) is 144 cm³/mol. The summed E-state index contributed by atoms with van der Waals surface area (Å²) in [6.07, 6.45) is 10.9. The lowest BCUT2D eigenvalue weighted by Gasteiger charge is -2.32. The Labute approximate surface area is 219 Å². The molecular weight excluding hydrogens is 466 g/mol. The summed E-state index contributed by atoms with van der Waals surface area (Å²) in [5.74, 6) is 2.21. The molecule has 3 aromatic heterocycles. The number of nitrogens with one attached hydrogen (secondary N) is 1. The van der Waals surface area contributed by atoms with Crippen molar-refractivity contribution in [2.75, 3.05) is 25.6 Å². The number of aromatic nitrogens is 4. The zero-order valence-corrected chi connectivity index (χ0v) is 22.5. The van der Waals surface area contributed by atoms with Crippen LogP contribution in [0.3, 0.4) is 0 Å². The maximum absolute atomic E-state index is 12.7. The molecule has 0 saturated heterocycles. The number of ether oxygens (including phenoxy) is 2. The predicted octanol–water partition coefficient (Wildman–Crippen LogP) is 4.79. The Morgan fingerprint density at radius 3 is 2.68 bits per heavy atom. The zero-order chi connectivity index (χ0) is 26.3. The van der Waals surface area contributed by atoms with Gasteiger partial charge in [0.2, 0.25) is 5.88 Å². The highest BCUT2D eigenvalue weighted by molar-refractivity contribution is 5.72. The van der Waals surface area contributed by atoms with Crippen LogP contribution in [0.4, 0.5) is 5.82 Å². The van der Waals surface area contributed by atoms with E-state index in [-0.39, 0.29) is 12.4 Å². The number of carbonyl (C=O) groups excluding carboxylic acids is 1. The average Bonchev–Trinajstić information content (AvgIpc) is 3.30. The third-order valence-electron chi connectivity index (χ3n) is 7.43. The fourth-order valence-electron chi connectivity index (χ4n) is 5.28. The molecule has 0 saturated carbocycles. The first kappa shape index (κ1) is 26.6. The number of nitrogens with zero attached hydrogens (tertiary/aromatic N) is 4. The van der Waals surface area contributed by atoms with Crippen LogP contribution in [0.5, 0.6) is 5.88 Å². The Bertz CT molecular complexity index is 1190. The van der Waals surface area contributed by atoms with Gasteiger partial charge in [0.05, 0.1) is 25.6 Å². The van der Waals surface area contributed by atoms with E-state index in [1.807, 2.05) is 32.3 Å². The van der Waals surface area contributed by atoms with Crippen molar-refractivity contribution in [2.45, 2.75) is 70.6 Å². The summed E-state index contributed by atoms with van der Waals surface area (Å²) < 4.78 is 12.8. The normalized spacial score (nSPS) is 14.4. The van der Waals surface area contributed by atoms with Crippen molar-refractivity contribution in [1.82, 2.24) is 19.5 Å². The van der Waals surface area contributed by atoms with Crippen LogP contribution in [0.25, 0.3) is 0 Å². The van der Waals surface area contributed by atoms with Crippen LogP contribution in [0.15, 0.2) is 36.7 Å². The fraction of sp³-hybridized carbons (Fsp3) is 0.517. The summed E-state index contributed by atoms with van der Waals surface area (Å²) in [5.41, 5.74) is 3.91. The van der Waals surface area contributed by atoms with E-state index < -0.39 is 5.41 Å². The number of pyridine rings is 2. The lowest BCUT2D eigenvalue weighted by molar-refractivity contribution is -0.144. The maximum Gasteiger partial charge on any atom is 0.307 e. The summed E-state index contributed by atoms with van der Waals surface area (Å²) in [4.78, 5) is 26.8. The number of anilines is 1. The van der Waals surface area contributed by atoms with Crippen molar-refractivity contribution in [3.8, 4) is 5.88 Å². The van der Waals surface area contributed by atoms with Gasteiger partial charge in [-0.25, -0.2) is 15.0 Å². The van der Waals surface area contributed by atoms with Gasteiger partial charge in [0.25, 0.3) is 0 Å². The van der Waals surface area contributed by atoms with Gasteiger partial charge in [0.1, 0.15) is 11.6 Å². The van der Waals surface area contributed by atoms with Gasteiger partial charge in [0.15, 0.2) is 0 Å². The van der Waals surface area contributed by atoms with Gasteiger partial charge in [-0.3, -0.25) is 4.79 Å². The van der Waals surface area contributed by atoms with Crippen LogP contribution < -0.4 is 10.1 Å². The Balaban J connectivity index is 1.49. The van der Waals surface area contributed by atoms with Gasteiger partial charge in [0, 0.05) is 43.4 Å². The topological polar surface area (TPSA) is 91.2 Å². The molecule has 8 heteroatoms. The summed E-state index contributed by atoms with van der Waals surface area (Å²) in [6, 6.07) is 8.20. The molecule has 0 bridgehead atoms. The molecule has 1 unspecified atom stereocenters. The van der Waals surface area contributed by atoms with Crippen molar-refractivity contribution in [2.24, 2.45) is 7.05 Å². The number of methoxy groups -OCH3 is 1. The molecule has 3 aromatic rings. The van der Waals surface area contributed by atoms with Crippen molar-refractivity contribution < 1.29 is 14.3 Å². The van der Waals surface area contributed by atoms with Gasteiger partial charge in [-0.1, -0.05) is 19.1 Å². The van der Waals surface area contributed by atoms with Crippen LogP contribution in [-0.4, -0.2) is 45.7 Å². The highest BCUT2D eigenvalue weighted by Gasteiger charge is 2.40. The van der Waals surface area contributed by atoms with Crippen LogP contribution in [0.2, 0.25) is 0 Å². The average molecular weight is 506 g/mol. The van der Waals surface area contributed by atoms with E-state index in [1.165, 1.54) is 12.0 Å². The molecule has 4 heterocycles. The first-order valence-corrected chi connectivity index (χ1v) is 13.4. The molecule has 1 aliphatic heterocycles. The third-order valence-corrected chi connectivity index (χ3v) is 7.43. The fourth-order valence-corrected chi connectivity index (χ4v) is 5.28. The Hall–Kier alpha value is -3.42. The molecule has 0 aromatic carbocycles. The zero-order valence-electron chi connectivity index (χ0n) is 22.5. The van der Waals surface area contributed by atoms with E-state index in [2.05, 4.69) is 33.9 Å². The van der Waals surface area contributed by atoms with Crippen LogP contribution in [0.1, 0.15) is 74.3 Å². The number of esters is 1. The molecule has 0 spiro atoms. The number of hydrogen-bond acceptors (Lipinski definition) is 7. The first-order chi connectivity index (χ1) is 18.0. The van der Waals surface area contributed by atoms with E-state index in [4.69, 9.17) is 19.4 Å². The number of hydrogen-bond donors (Lipinski definition) is 1.